The van der Waals surface area contributed by atoms with Crippen LogP contribution in [0.5, 0.6) is 0 Å². The highest BCUT2D eigenvalue weighted by molar-refractivity contribution is 7.89. The Kier molecular flexibility index (Phi) is 4.32. The molecule has 2 fully saturated rings. The largest absolute Gasteiger partial charge is 0.356 e. The minimum absolute atomic E-state index is 0.161. The van der Waals surface area contributed by atoms with Gasteiger partial charge >= 0.3 is 0 Å². The molecular formula is C17H22N6O2S. The van der Waals surface area contributed by atoms with Gasteiger partial charge in [-0.3, -0.25) is 0 Å². The number of nitrogens with zero attached hydrogens (tertiary/aromatic N) is 5. The van der Waals surface area contributed by atoms with Gasteiger partial charge < -0.3 is 9.88 Å². The molecule has 0 radical (unpaired) electrons. The maximum absolute atomic E-state index is 12.6. The second-order valence-corrected chi connectivity index (χ2v) is 9.30. The summed E-state index contributed by atoms with van der Waals surface area (Å²) in [5.74, 6) is 1.06. The zero-order valence-corrected chi connectivity index (χ0v) is 15.5. The second-order valence-electron chi connectivity index (χ2n) is 7.29. The van der Waals surface area contributed by atoms with Crippen molar-refractivity contribution in [3.63, 3.8) is 0 Å². The van der Waals surface area contributed by atoms with E-state index in [1.807, 2.05) is 19.3 Å². The number of hydrogen-bond acceptors (Lipinski definition) is 6. The quantitative estimate of drug-likeness (QED) is 0.847. The van der Waals surface area contributed by atoms with E-state index < -0.39 is 10.0 Å². The van der Waals surface area contributed by atoms with E-state index in [1.165, 1.54) is 4.31 Å². The summed E-state index contributed by atoms with van der Waals surface area (Å²) in [6, 6.07) is 4.42. The maximum atomic E-state index is 12.6. The van der Waals surface area contributed by atoms with Gasteiger partial charge in [0.2, 0.25) is 10.0 Å². The van der Waals surface area contributed by atoms with Gasteiger partial charge in [-0.25, -0.2) is 22.7 Å². The number of anilines is 1. The topological polar surface area (TPSA) is 106 Å². The van der Waals surface area contributed by atoms with Crippen molar-refractivity contribution < 1.29 is 8.42 Å². The molecule has 9 heteroatoms. The minimum atomic E-state index is -3.27. The van der Waals surface area contributed by atoms with Gasteiger partial charge in [-0.15, -0.1) is 0 Å². The fourth-order valence-electron chi connectivity index (χ4n) is 3.96. The van der Waals surface area contributed by atoms with Crippen molar-refractivity contribution >= 4 is 26.9 Å². The molecule has 26 heavy (non-hydrogen) atoms. The van der Waals surface area contributed by atoms with Crippen molar-refractivity contribution in [2.45, 2.75) is 25.3 Å². The first kappa shape index (κ1) is 17.2. The predicted octanol–water partition coefficient (Wildman–Crippen LogP) is 1.35. The van der Waals surface area contributed by atoms with Gasteiger partial charge in [0, 0.05) is 32.4 Å². The molecule has 2 aliphatic rings. The summed E-state index contributed by atoms with van der Waals surface area (Å²) in [5, 5.41) is 9.94. The number of hydrogen-bond donors (Lipinski definition) is 1. The van der Waals surface area contributed by atoms with Gasteiger partial charge in [-0.2, -0.15) is 5.26 Å². The molecule has 1 atom stereocenters. The Balaban J connectivity index is 1.37. The summed E-state index contributed by atoms with van der Waals surface area (Å²) in [7, 11) is -1.27. The van der Waals surface area contributed by atoms with Gasteiger partial charge in [0.05, 0.1) is 23.1 Å². The second kappa shape index (κ2) is 6.52. The first-order valence-corrected chi connectivity index (χ1v) is 10.5. The van der Waals surface area contributed by atoms with E-state index in [-0.39, 0.29) is 23.6 Å². The fraction of sp³-hybridized carbons (Fsp3) is 0.588. The van der Waals surface area contributed by atoms with Crippen LogP contribution in [0.3, 0.4) is 0 Å². The zero-order chi connectivity index (χ0) is 18.3. The summed E-state index contributed by atoms with van der Waals surface area (Å²) >= 11 is 0. The highest BCUT2D eigenvalue weighted by Crippen LogP contribution is 2.36. The minimum Gasteiger partial charge on any atom is -0.356 e. The summed E-state index contributed by atoms with van der Waals surface area (Å²) in [6.07, 6.45) is 5.70. The van der Waals surface area contributed by atoms with Crippen LogP contribution in [-0.4, -0.2) is 59.6 Å². The van der Waals surface area contributed by atoms with Gasteiger partial charge in [-0.05, 0) is 31.2 Å². The molecule has 0 aromatic carbocycles. The number of fused-ring (bicyclic) bond motifs is 1. The summed E-state index contributed by atoms with van der Waals surface area (Å²) in [4.78, 5) is 13.8. The normalized spacial score (nSPS) is 26.5. The van der Waals surface area contributed by atoms with Gasteiger partial charge in [0.15, 0.2) is 0 Å². The average molecular weight is 374 g/mol. The van der Waals surface area contributed by atoms with Gasteiger partial charge in [-0.1, -0.05) is 0 Å². The van der Waals surface area contributed by atoms with Crippen molar-refractivity contribution in [3.05, 3.63) is 18.6 Å². The number of nitrogens with one attached hydrogen (secondary N) is 1. The third-order valence-electron chi connectivity index (χ3n) is 5.60. The Hall–Kier alpha value is -2.18. The molecular weight excluding hydrogens is 352 g/mol. The summed E-state index contributed by atoms with van der Waals surface area (Å²) in [6.45, 7) is 0.824. The molecule has 1 aliphatic carbocycles. The number of H-pyrrole nitrogens is 1. The zero-order valence-electron chi connectivity index (χ0n) is 14.7. The van der Waals surface area contributed by atoms with Crippen molar-refractivity contribution in [2.75, 3.05) is 30.8 Å². The Morgan fingerprint density at radius 3 is 2.96 bits per heavy atom. The van der Waals surface area contributed by atoms with E-state index in [2.05, 4.69) is 25.9 Å². The molecule has 8 nitrogen and oxygen atoms in total. The average Bonchev–Trinajstić information content (AvgIpc) is 3.25. The lowest BCUT2D eigenvalue weighted by atomic mass is 9.81. The summed E-state index contributed by atoms with van der Waals surface area (Å²) in [5.41, 5.74) is 0.807. The Labute approximate surface area is 152 Å². The number of nitriles is 1. The van der Waals surface area contributed by atoms with Crippen LogP contribution in [0.4, 0.5) is 5.82 Å². The van der Waals surface area contributed by atoms with Crippen LogP contribution in [-0.2, 0) is 10.0 Å². The molecule has 0 unspecified atom stereocenters. The lowest BCUT2D eigenvalue weighted by Crippen LogP contribution is -2.46. The lowest BCUT2D eigenvalue weighted by molar-refractivity contribution is 0.278. The molecule has 1 saturated heterocycles. The van der Waals surface area contributed by atoms with Crippen LogP contribution < -0.4 is 4.90 Å². The molecule has 4 rings (SSSR count). The van der Waals surface area contributed by atoms with Gasteiger partial charge in [0.1, 0.15) is 17.8 Å². The lowest BCUT2D eigenvalue weighted by Gasteiger charge is -2.42. The molecule has 1 aliphatic heterocycles. The van der Waals surface area contributed by atoms with E-state index in [4.69, 9.17) is 5.26 Å². The van der Waals surface area contributed by atoms with Crippen molar-refractivity contribution in [3.8, 4) is 6.07 Å². The number of sulfonamides is 1. The van der Waals surface area contributed by atoms with Crippen LogP contribution >= 0.6 is 0 Å². The van der Waals surface area contributed by atoms with Crippen LogP contribution in [0, 0.1) is 23.2 Å². The van der Waals surface area contributed by atoms with E-state index in [1.54, 1.807) is 6.33 Å². The van der Waals surface area contributed by atoms with E-state index in [0.29, 0.717) is 19.5 Å². The number of aromatic nitrogens is 3. The Morgan fingerprint density at radius 1 is 1.42 bits per heavy atom. The van der Waals surface area contributed by atoms with Crippen LogP contribution in [0.15, 0.2) is 18.6 Å². The highest BCUT2D eigenvalue weighted by Gasteiger charge is 2.39. The smallest absolute Gasteiger partial charge is 0.214 e. The van der Waals surface area contributed by atoms with Crippen LogP contribution in [0.2, 0.25) is 0 Å². The molecule has 3 heterocycles. The Bertz CT molecular complexity index is 944. The molecule has 1 N–H and O–H groups in total. The van der Waals surface area contributed by atoms with E-state index in [9.17, 15) is 8.42 Å². The molecule has 0 spiro atoms. The standard InChI is InChI=1S/C17H22N6O2S/c1-22(17-15-2-4-19-16(15)20-11-21-17)14-6-13(7-14)10-26(24,25)23-5-3-12(8-18)9-23/h2,4,11-14H,3,5-7,9-10H2,1H3,(H,19,20,21)/t12-,13?,14?/m0/s1. The van der Waals surface area contributed by atoms with Crippen LogP contribution in [0.25, 0.3) is 11.0 Å². The van der Waals surface area contributed by atoms with Gasteiger partial charge in [0.25, 0.3) is 0 Å². The molecule has 1 saturated carbocycles. The molecule has 0 amide bonds. The third-order valence-corrected chi connectivity index (χ3v) is 7.61. The molecule has 138 valence electrons. The number of aromatic amines is 1. The van der Waals surface area contributed by atoms with E-state index >= 15 is 0 Å². The van der Waals surface area contributed by atoms with Crippen LogP contribution in [0.1, 0.15) is 19.3 Å². The molecule has 0 bridgehead atoms. The van der Waals surface area contributed by atoms with Crippen molar-refractivity contribution in [1.82, 2.24) is 19.3 Å². The molecule has 2 aromatic heterocycles. The Morgan fingerprint density at radius 2 is 2.23 bits per heavy atom. The first-order valence-electron chi connectivity index (χ1n) is 8.86. The monoisotopic (exact) mass is 374 g/mol. The fourth-order valence-corrected chi connectivity index (χ4v) is 5.82. The summed E-state index contributed by atoms with van der Waals surface area (Å²) < 4.78 is 26.6. The number of rotatable bonds is 5. The highest BCUT2D eigenvalue weighted by atomic mass is 32.2. The molecule has 2 aromatic rings. The first-order chi connectivity index (χ1) is 12.5. The van der Waals surface area contributed by atoms with Crippen molar-refractivity contribution in [1.29, 1.82) is 5.26 Å². The SMILES string of the molecule is CN(c1ncnc2[nH]ccc12)C1CC(CS(=O)(=O)N2CC[C@@H](C#N)C2)C1. The maximum Gasteiger partial charge on any atom is 0.214 e. The predicted molar refractivity (Wildman–Crippen MR) is 97.9 cm³/mol. The third kappa shape index (κ3) is 3.04. The van der Waals surface area contributed by atoms with Crippen molar-refractivity contribution in [2.24, 2.45) is 11.8 Å². The van der Waals surface area contributed by atoms with E-state index in [0.717, 1.165) is 29.7 Å².